The second kappa shape index (κ2) is 8.55. The van der Waals surface area contributed by atoms with Crippen LogP contribution in [0.2, 0.25) is 0 Å². The zero-order valence-electron chi connectivity index (χ0n) is 8.73. The van der Waals surface area contributed by atoms with Gasteiger partial charge in [0.1, 0.15) is 0 Å². The molecular weight excluding hydrogens is 168 g/mol. The second-order valence-electron chi connectivity index (χ2n) is 3.36. The monoisotopic (exact) mass is 187 g/mol. The molecule has 0 spiro atoms. The molecule has 75 valence electrons. The molecule has 1 aliphatic rings. The summed E-state index contributed by atoms with van der Waals surface area (Å²) in [5.41, 5.74) is 0. The van der Waals surface area contributed by atoms with Gasteiger partial charge in [0.05, 0.1) is 0 Å². The van der Waals surface area contributed by atoms with E-state index in [2.05, 4.69) is 55.0 Å². The number of hydrogen-bond acceptors (Lipinski definition) is 0. The summed E-state index contributed by atoms with van der Waals surface area (Å²) >= 11 is 0. The van der Waals surface area contributed by atoms with Crippen molar-refractivity contribution in [2.24, 2.45) is 0 Å². The standard InChI is InChI=1S/C14H19/c1-2-4-6-8-10-12-14-13-11-9-7-5-3-1/h1-3,6,8-9,11-12,14H,4-5,7,10,13H2/b3-1+,8-6+,11-9+,14-12+. The molecule has 14 heavy (non-hydrogen) atoms. The molecule has 0 heteroatoms. The van der Waals surface area contributed by atoms with E-state index < -0.39 is 0 Å². The summed E-state index contributed by atoms with van der Waals surface area (Å²) in [5.74, 6) is 0. The van der Waals surface area contributed by atoms with Gasteiger partial charge < -0.3 is 0 Å². The van der Waals surface area contributed by atoms with E-state index in [1.807, 2.05) is 0 Å². The molecule has 0 fully saturated rings. The summed E-state index contributed by atoms with van der Waals surface area (Å²) in [6.45, 7) is 0. The lowest BCUT2D eigenvalue weighted by Gasteiger charge is -1.90. The Labute approximate surface area is 87.7 Å². The molecule has 0 amide bonds. The molecule has 0 saturated carbocycles. The van der Waals surface area contributed by atoms with Crippen LogP contribution in [0.3, 0.4) is 0 Å². The molecule has 0 heterocycles. The predicted octanol–water partition coefficient (Wildman–Crippen LogP) is 4.38. The van der Waals surface area contributed by atoms with Crippen molar-refractivity contribution in [3.63, 3.8) is 0 Å². The first kappa shape index (κ1) is 11.0. The Kier molecular flexibility index (Phi) is 6.74. The maximum absolute atomic E-state index is 2.26. The molecule has 0 N–H and O–H groups in total. The molecule has 0 nitrogen and oxygen atoms in total. The van der Waals surface area contributed by atoms with E-state index in [4.69, 9.17) is 0 Å². The van der Waals surface area contributed by atoms with Crippen LogP contribution in [0, 0.1) is 6.42 Å². The topological polar surface area (TPSA) is 0 Å². The van der Waals surface area contributed by atoms with Crippen LogP contribution in [0.5, 0.6) is 0 Å². The van der Waals surface area contributed by atoms with Crippen LogP contribution in [0.1, 0.15) is 32.1 Å². The van der Waals surface area contributed by atoms with Gasteiger partial charge >= 0.3 is 0 Å². The summed E-state index contributed by atoms with van der Waals surface area (Å²) in [4.78, 5) is 0. The van der Waals surface area contributed by atoms with Gasteiger partial charge in [-0.3, -0.25) is 0 Å². The van der Waals surface area contributed by atoms with E-state index in [0.29, 0.717) is 0 Å². The summed E-state index contributed by atoms with van der Waals surface area (Å²) < 4.78 is 0. The van der Waals surface area contributed by atoms with Gasteiger partial charge in [-0.05, 0) is 38.5 Å². The van der Waals surface area contributed by atoms with Crippen LogP contribution in [-0.4, -0.2) is 0 Å². The van der Waals surface area contributed by atoms with Crippen LogP contribution in [0.4, 0.5) is 0 Å². The van der Waals surface area contributed by atoms with E-state index in [-0.39, 0.29) is 0 Å². The van der Waals surface area contributed by atoms with Crippen molar-refractivity contribution in [2.45, 2.75) is 32.1 Å². The molecular formula is C14H19. The number of rotatable bonds is 0. The van der Waals surface area contributed by atoms with Gasteiger partial charge in [0.2, 0.25) is 0 Å². The van der Waals surface area contributed by atoms with Gasteiger partial charge in [-0.25, -0.2) is 0 Å². The molecule has 0 bridgehead atoms. The zero-order chi connectivity index (χ0) is 9.90. The second-order valence-corrected chi connectivity index (χ2v) is 3.36. The minimum Gasteiger partial charge on any atom is -0.0879 e. The molecule has 0 unspecified atom stereocenters. The predicted molar refractivity (Wildman–Crippen MR) is 63.9 cm³/mol. The third kappa shape index (κ3) is 6.47. The lowest BCUT2D eigenvalue weighted by atomic mass is 10.2. The molecule has 0 saturated heterocycles. The quantitative estimate of drug-likeness (QED) is 0.494. The normalized spacial score (nSPS) is 28.6. The first-order chi connectivity index (χ1) is 7.00. The highest BCUT2D eigenvalue weighted by Gasteiger charge is 1.80. The zero-order valence-corrected chi connectivity index (χ0v) is 8.73. The van der Waals surface area contributed by atoms with Crippen LogP contribution in [0.15, 0.2) is 48.6 Å². The highest BCUT2D eigenvalue weighted by Crippen LogP contribution is 2.00. The van der Waals surface area contributed by atoms with Crippen molar-refractivity contribution < 1.29 is 0 Å². The fourth-order valence-corrected chi connectivity index (χ4v) is 1.30. The summed E-state index contributed by atoms with van der Waals surface area (Å²) in [6, 6.07) is 0. The van der Waals surface area contributed by atoms with Crippen molar-refractivity contribution in [3.05, 3.63) is 55.0 Å². The first-order valence-electron chi connectivity index (χ1n) is 5.43. The lowest BCUT2D eigenvalue weighted by Crippen LogP contribution is -1.70. The van der Waals surface area contributed by atoms with E-state index >= 15 is 0 Å². The Morgan fingerprint density at radius 2 is 1.07 bits per heavy atom. The third-order valence-corrected chi connectivity index (χ3v) is 2.09. The Morgan fingerprint density at radius 3 is 1.86 bits per heavy atom. The van der Waals surface area contributed by atoms with Crippen molar-refractivity contribution in [3.8, 4) is 0 Å². The van der Waals surface area contributed by atoms with E-state index in [1.165, 1.54) is 0 Å². The Bertz CT molecular complexity index is 204. The largest absolute Gasteiger partial charge is 0.0879 e. The van der Waals surface area contributed by atoms with Gasteiger partial charge in [0.15, 0.2) is 0 Å². The first-order valence-corrected chi connectivity index (χ1v) is 5.43. The number of allylic oxidation sites excluding steroid dienone is 8. The van der Waals surface area contributed by atoms with E-state index in [0.717, 1.165) is 32.1 Å². The molecule has 0 aromatic carbocycles. The smallest absolute Gasteiger partial charge is 0.0133 e. The number of hydrogen-bond donors (Lipinski definition) is 0. The van der Waals surface area contributed by atoms with Gasteiger partial charge in [-0.2, -0.15) is 0 Å². The average molecular weight is 187 g/mol. The molecule has 1 aliphatic carbocycles. The Morgan fingerprint density at radius 1 is 0.500 bits per heavy atom. The van der Waals surface area contributed by atoms with Gasteiger partial charge in [-0.1, -0.05) is 48.6 Å². The van der Waals surface area contributed by atoms with Crippen molar-refractivity contribution >= 4 is 0 Å². The molecule has 0 atom stereocenters. The van der Waals surface area contributed by atoms with Gasteiger partial charge in [-0.15, -0.1) is 0 Å². The Balaban J connectivity index is 2.34. The van der Waals surface area contributed by atoms with Crippen molar-refractivity contribution in [1.29, 1.82) is 0 Å². The highest BCUT2D eigenvalue weighted by atomic mass is 13.9. The van der Waals surface area contributed by atoms with Crippen molar-refractivity contribution in [2.75, 3.05) is 0 Å². The van der Waals surface area contributed by atoms with E-state index in [1.54, 1.807) is 0 Å². The fraction of sp³-hybridized carbons (Fsp3) is 0.357. The minimum absolute atomic E-state index is 1.06. The SMILES string of the molecule is [CH]1/C=C/CC/C=C/C/C=C/C/C=C/C1. The molecule has 1 rings (SSSR count). The summed E-state index contributed by atoms with van der Waals surface area (Å²) in [6.07, 6.45) is 25.5. The van der Waals surface area contributed by atoms with E-state index in [9.17, 15) is 0 Å². The summed E-state index contributed by atoms with van der Waals surface area (Å²) in [7, 11) is 0. The highest BCUT2D eigenvalue weighted by molar-refractivity contribution is 5.03. The third-order valence-electron chi connectivity index (χ3n) is 2.09. The lowest BCUT2D eigenvalue weighted by molar-refractivity contribution is 1.04. The minimum atomic E-state index is 1.06. The fourth-order valence-electron chi connectivity index (χ4n) is 1.30. The molecule has 0 aromatic rings. The van der Waals surface area contributed by atoms with Crippen molar-refractivity contribution in [1.82, 2.24) is 0 Å². The maximum Gasteiger partial charge on any atom is -0.0133 e. The van der Waals surface area contributed by atoms with Crippen LogP contribution in [0.25, 0.3) is 0 Å². The maximum atomic E-state index is 2.26. The molecule has 0 aromatic heterocycles. The van der Waals surface area contributed by atoms with Gasteiger partial charge in [0, 0.05) is 0 Å². The average Bonchev–Trinajstić information content (AvgIpc) is 2.22. The summed E-state index contributed by atoms with van der Waals surface area (Å²) in [5, 5.41) is 0. The van der Waals surface area contributed by atoms with Gasteiger partial charge in [0.25, 0.3) is 0 Å². The Hall–Kier alpha value is -1.04. The van der Waals surface area contributed by atoms with Crippen LogP contribution < -0.4 is 0 Å². The van der Waals surface area contributed by atoms with Crippen LogP contribution in [-0.2, 0) is 0 Å². The van der Waals surface area contributed by atoms with Crippen LogP contribution >= 0.6 is 0 Å². The molecule has 1 radical (unpaired) electrons. The molecule has 0 aliphatic heterocycles.